The van der Waals surface area contributed by atoms with Gasteiger partial charge in [0.15, 0.2) is 5.96 Å². The van der Waals surface area contributed by atoms with E-state index < -0.39 is 0 Å². The van der Waals surface area contributed by atoms with E-state index in [1.807, 2.05) is 25.2 Å². The van der Waals surface area contributed by atoms with Gasteiger partial charge >= 0.3 is 0 Å². The standard InChI is InChI=1S/C17H26ClN3O.HI/c1-19-17(21(2)12-14-9-11-22-13-14)20-10-5-7-15-6-3-4-8-16(15)18;/h3-4,6,8,14H,5,7,9-13H2,1-2H3,(H,19,20);1H. The zero-order valence-corrected chi connectivity index (χ0v) is 17.0. The summed E-state index contributed by atoms with van der Waals surface area (Å²) in [5.41, 5.74) is 1.21. The van der Waals surface area contributed by atoms with Gasteiger partial charge in [-0.2, -0.15) is 0 Å². The Morgan fingerprint density at radius 1 is 1.43 bits per heavy atom. The highest BCUT2D eigenvalue weighted by atomic mass is 127. The number of benzene rings is 1. The number of aryl methyl sites for hydroxylation is 1. The number of rotatable bonds is 6. The molecule has 0 aromatic heterocycles. The lowest BCUT2D eigenvalue weighted by Gasteiger charge is -2.24. The molecule has 1 N–H and O–H groups in total. The molecule has 23 heavy (non-hydrogen) atoms. The summed E-state index contributed by atoms with van der Waals surface area (Å²) in [7, 11) is 3.92. The van der Waals surface area contributed by atoms with Gasteiger partial charge in [0, 0.05) is 44.7 Å². The summed E-state index contributed by atoms with van der Waals surface area (Å²) in [6, 6.07) is 8.03. The summed E-state index contributed by atoms with van der Waals surface area (Å²) < 4.78 is 5.43. The first kappa shape index (κ1) is 20.5. The summed E-state index contributed by atoms with van der Waals surface area (Å²) in [6.45, 7) is 3.64. The van der Waals surface area contributed by atoms with Crippen molar-refractivity contribution in [3.05, 3.63) is 34.9 Å². The van der Waals surface area contributed by atoms with Crippen LogP contribution in [-0.2, 0) is 11.2 Å². The molecule has 0 amide bonds. The summed E-state index contributed by atoms with van der Waals surface area (Å²) in [5.74, 6) is 1.57. The van der Waals surface area contributed by atoms with Crippen molar-refractivity contribution in [1.82, 2.24) is 10.2 Å². The van der Waals surface area contributed by atoms with Gasteiger partial charge in [0.25, 0.3) is 0 Å². The van der Waals surface area contributed by atoms with E-state index in [9.17, 15) is 0 Å². The van der Waals surface area contributed by atoms with E-state index in [2.05, 4.69) is 28.3 Å². The molecule has 130 valence electrons. The second kappa shape index (κ2) is 11.1. The summed E-state index contributed by atoms with van der Waals surface area (Å²) in [4.78, 5) is 6.55. The molecule has 1 aliphatic rings. The van der Waals surface area contributed by atoms with Gasteiger partial charge in [-0.3, -0.25) is 4.99 Å². The van der Waals surface area contributed by atoms with Crippen LogP contribution in [0.1, 0.15) is 18.4 Å². The van der Waals surface area contributed by atoms with E-state index >= 15 is 0 Å². The van der Waals surface area contributed by atoms with Crippen LogP contribution >= 0.6 is 35.6 Å². The second-order valence-electron chi connectivity index (χ2n) is 5.78. The zero-order chi connectivity index (χ0) is 15.8. The predicted molar refractivity (Wildman–Crippen MR) is 108 cm³/mol. The Kier molecular flexibility index (Phi) is 9.90. The SMILES string of the molecule is CN=C(NCCCc1ccccc1Cl)N(C)CC1CCOC1.I. The molecular weight excluding hydrogens is 425 g/mol. The highest BCUT2D eigenvalue weighted by Gasteiger charge is 2.18. The maximum Gasteiger partial charge on any atom is 0.193 e. The smallest absolute Gasteiger partial charge is 0.193 e. The van der Waals surface area contributed by atoms with Crippen molar-refractivity contribution in [3.8, 4) is 0 Å². The summed E-state index contributed by atoms with van der Waals surface area (Å²) in [6.07, 6.45) is 3.15. The molecule has 1 unspecified atom stereocenters. The Morgan fingerprint density at radius 2 is 2.22 bits per heavy atom. The van der Waals surface area contributed by atoms with Crippen molar-refractivity contribution >= 4 is 41.5 Å². The molecule has 4 nitrogen and oxygen atoms in total. The molecule has 2 rings (SSSR count). The Labute approximate surface area is 161 Å². The van der Waals surface area contributed by atoms with Crippen molar-refractivity contribution in [2.75, 3.05) is 40.4 Å². The van der Waals surface area contributed by atoms with Crippen molar-refractivity contribution in [2.45, 2.75) is 19.3 Å². The highest BCUT2D eigenvalue weighted by molar-refractivity contribution is 14.0. The first-order chi connectivity index (χ1) is 10.7. The number of ether oxygens (including phenoxy) is 1. The van der Waals surface area contributed by atoms with Gasteiger partial charge in [0.05, 0.1) is 6.61 Å². The number of nitrogens with one attached hydrogen (secondary N) is 1. The van der Waals surface area contributed by atoms with Crippen LogP contribution < -0.4 is 5.32 Å². The van der Waals surface area contributed by atoms with Gasteiger partial charge in [-0.05, 0) is 30.9 Å². The van der Waals surface area contributed by atoms with Crippen LogP contribution in [-0.4, -0.2) is 51.3 Å². The molecule has 1 aromatic rings. The fourth-order valence-electron chi connectivity index (χ4n) is 2.77. The molecule has 1 atom stereocenters. The number of halogens is 2. The van der Waals surface area contributed by atoms with Gasteiger partial charge in [-0.15, -0.1) is 24.0 Å². The van der Waals surface area contributed by atoms with E-state index in [4.69, 9.17) is 16.3 Å². The lowest BCUT2D eigenvalue weighted by Crippen LogP contribution is -2.41. The number of hydrogen-bond donors (Lipinski definition) is 1. The fraction of sp³-hybridized carbons (Fsp3) is 0.588. The number of aliphatic imine (C=N–C) groups is 1. The van der Waals surface area contributed by atoms with Gasteiger partial charge in [0.1, 0.15) is 0 Å². The van der Waals surface area contributed by atoms with Gasteiger partial charge < -0.3 is 15.0 Å². The molecule has 0 radical (unpaired) electrons. The molecule has 0 spiro atoms. The molecule has 0 bridgehead atoms. The monoisotopic (exact) mass is 451 g/mol. The minimum Gasteiger partial charge on any atom is -0.381 e. The maximum absolute atomic E-state index is 6.17. The number of hydrogen-bond acceptors (Lipinski definition) is 2. The van der Waals surface area contributed by atoms with Crippen LogP contribution in [0.4, 0.5) is 0 Å². The molecule has 1 saturated heterocycles. The molecule has 1 fully saturated rings. The Balaban J connectivity index is 0.00000264. The normalized spacial score (nSPS) is 17.7. The fourth-order valence-corrected chi connectivity index (χ4v) is 3.00. The Hall–Kier alpha value is -0.530. The molecule has 0 aliphatic carbocycles. The van der Waals surface area contributed by atoms with Gasteiger partial charge in [-0.1, -0.05) is 29.8 Å². The van der Waals surface area contributed by atoms with Crippen LogP contribution in [0.25, 0.3) is 0 Å². The number of nitrogens with zero attached hydrogens (tertiary/aromatic N) is 2. The molecule has 6 heteroatoms. The molecular formula is C17H27ClIN3O. The molecule has 0 saturated carbocycles. The zero-order valence-electron chi connectivity index (χ0n) is 13.9. The predicted octanol–water partition coefficient (Wildman–Crippen LogP) is 3.43. The van der Waals surface area contributed by atoms with E-state index in [1.54, 1.807) is 0 Å². The largest absolute Gasteiger partial charge is 0.381 e. The summed E-state index contributed by atoms with van der Waals surface area (Å²) >= 11 is 6.17. The average Bonchev–Trinajstić information content (AvgIpc) is 3.02. The van der Waals surface area contributed by atoms with Crippen molar-refractivity contribution in [2.24, 2.45) is 10.9 Å². The van der Waals surface area contributed by atoms with E-state index in [0.29, 0.717) is 5.92 Å². The van der Waals surface area contributed by atoms with Crippen LogP contribution in [0.15, 0.2) is 29.3 Å². The first-order valence-electron chi connectivity index (χ1n) is 7.93. The molecule has 1 aliphatic heterocycles. The van der Waals surface area contributed by atoms with Crippen molar-refractivity contribution in [1.29, 1.82) is 0 Å². The lowest BCUT2D eigenvalue weighted by molar-refractivity contribution is 0.181. The van der Waals surface area contributed by atoms with Crippen LogP contribution in [0, 0.1) is 5.92 Å². The van der Waals surface area contributed by atoms with Gasteiger partial charge in [0.2, 0.25) is 0 Å². The van der Waals surface area contributed by atoms with E-state index in [0.717, 1.165) is 56.5 Å². The maximum atomic E-state index is 6.17. The average molecular weight is 452 g/mol. The van der Waals surface area contributed by atoms with E-state index in [1.165, 1.54) is 5.56 Å². The van der Waals surface area contributed by atoms with Crippen LogP contribution in [0.5, 0.6) is 0 Å². The molecule has 1 heterocycles. The third kappa shape index (κ3) is 6.85. The lowest BCUT2D eigenvalue weighted by atomic mass is 10.1. The van der Waals surface area contributed by atoms with E-state index in [-0.39, 0.29) is 24.0 Å². The Bertz CT molecular complexity index is 492. The Morgan fingerprint density at radius 3 is 2.87 bits per heavy atom. The van der Waals surface area contributed by atoms with Crippen LogP contribution in [0.2, 0.25) is 5.02 Å². The van der Waals surface area contributed by atoms with Gasteiger partial charge in [-0.25, -0.2) is 0 Å². The minimum atomic E-state index is 0. The van der Waals surface area contributed by atoms with Crippen molar-refractivity contribution in [3.63, 3.8) is 0 Å². The third-order valence-corrected chi connectivity index (χ3v) is 4.36. The third-order valence-electron chi connectivity index (χ3n) is 3.99. The quantitative estimate of drug-likeness (QED) is 0.312. The topological polar surface area (TPSA) is 36.9 Å². The molecule has 1 aromatic carbocycles. The number of guanidine groups is 1. The second-order valence-corrected chi connectivity index (χ2v) is 6.19. The highest BCUT2D eigenvalue weighted by Crippen LogP contribution is 2.16. The first-order valence-corrected chi connectivity index (χ1v) is 8.31. The summed E-state index contributed by atoms with van der Waals surface area (Å²) in [5, 5.41) is 4.28. The van der Waals surface area contributed by atoms with Crippen molar-refractivity contribution < 1.29 is 4.74 Å². The van der Waals surface area contributed by atoms with Crippen LogP contribution in [0.3, 0.4) is 0 Å². The minimum absolute atomic E-state index is 0.